The predicted octanol–water partition coefficient (Wildman–Crippen LogP) is 3.68. The van der Waals surface area contributed by atoms with E-state index in [4.69, 9.17) is 0 Å². The molecule has 1 fully saturated rings. The summed E-state index contributed by atoms with van der Waals surface area (Å²) in [6.45, 7) is 3.25. The van der Waals surface area contributed by atoms with E-state index in [1.807, 2.05) is 27.7 Å². The lowest BCUT2D eigenvalue weighted by Gasteiger charge is -2.33. The van der Waals surface area contributed by atoms with Crippen LogP contribution in [0.2, 0.25) is 0 Å². The number of amides is 1. The van der Waals surface area contributed by atoms with Gasteiger partial charge in [-0.3, -0.25) is 4.79 Å². The number of rotatable bonds is 2. The zero-order valence-corrected chi connectivity index (χ0v) is 14.1. The van der Waals surface area contributed by atoms with Crippen LogP contribution in [0.1, 0.15) is 31.7 Å². The molecule has 1 aromatic carbocycles. The lowest BCUT2D eigenvalue weighted by molar-refractivity contribution is -0.135. The Hall–Kier alpha value is -1.80. The summed E-state index contributed by atoms with van der Waals surface area (Å²) in [7, 11) is 0. The first-order chi connectivity index (χ1) is 10.6. The Morgan fingerprint density at radius 2 is 2.27 bits per heavy atom. The molecule has 114 valence electrons. The first kappa shape index (κ1) is 15.1. The fraction of sp³-hybridized carbons (Fsp3) is 0.412. The second-order valence-corrected chi connectivity index (χ2v) is 6.79. The van der Waals surface area contributed by atoms with E-state index >= 15 is 0 Å². The van der Waals surface area contributed by atoms with Gasteiger partial charge in [0.05, 0.1) is 5.56 Å². The Bertz CT molecular complexity index is 759. The van der Waals surface area contributed by atoms with Gasteiger partial charge in [0.2, 0.25) is 5.91 Å². The number of nitrogens with zero attached hydrogens (tertiary/aromatic N) is 3. The van der Waals surface area contributed by atoms with Crippen LogP contribution in [0.25, 0.3) is 10.9 Å². The van der Waals surface area contributed by atoms with E-state index in [1.165, 1.54) is 6.42 Å². The molecule has 4 nitrogen and oxygen atoms in total. The van der Waals surface area contributed by atoms with E-state index < -0.39 is 0 Å². The van der Waals surface area contributed by atoms with Crippen molar-refractivity contribution in [2.45, 2.75) is 38.8 Å². The standard InChI is InChI=1S/C17H18BrN3O/c1-12-4-2-3-7-21(12)17(22)11-20-10-13(9-19)15-8-14(18)5-6-16(15)20/h5-6,8,10,12H,2-4,7,11H2,1H3/t12-/m0/s1. The summed E-state index contributed by atoms with van der Waals surface area (Å²) < 4.78 is 2.83. The molecule has 0 aliphatic carbocycles. The third kappa shape index (κ3) is 2.76. The normalized spacial score (nSPS) is 18.4. The molecule has 1 atom stereocenters. The Morgan fingerprint density at radius 1 is 1.45 bits per heavy atom. The van der Waals surface area contributed by atoms with E-state index in [0.717, 1.165) is 34.8 Å². The molecule has 0 bridgehead atoms. The van der Waals surface area contributed by atoms with Gasteiger partial charge in [0.1, 0.15) is 12.6 Å². The molecular formula is C17H18BrN3O. The highest BCUT2D eigenvalue weighted by molar-refractivity contribution is 9.10. The van der Waals surface area contributed by atoms with Crippen molar-refractivity contribution < 1.29 is 4.79 Å². The minimum atomic E-state index is 0.136. The quantitative estimate of drug-likeness (QED) is 0.820. The van der Waals surface area contributed by atoms with Crippen molar-refractivity contribution in [3.05, 3.63) is 34.4 Å². The van der Waals surface area contributed by atoms with Crippen LogP contribution < -0.4 is 0 Å². The Morgan fingerprint density at radius 3 is 3.00 bits per heavy atom. The number of hydrogen-bond donors (Lipinski definition) is 0. The highest BCUT2D eigenvalue weighted by atomic mass is 79.9. The number of likely N-dealkylation sites (tertiary alicyclic amines) is 1. The second-order valence-electron chi connectivity index (χ2n) is 5.88. The highest BCUT2D eigenvalue weighted by Crippen LogP contribution is 2.25. The number of carbonyl (C=O) groups is 1. The van der Waals surface area contributed by atoms with Gasteiger partial charge in [-0.05, 0) is 44.4 Å². The van der Waals surface area contributed by atoms with Crippen molar-refractivity contribution in [3.8, 4) is 6.07 Å². The summed E-state index contributed by atoms with van der Waals surface area (Å²) in [5, 5.41) is 10.2. The minimum absolute atomic E-state index is 0.136. The average molecular weight is 360 g/mol. The highest BCUT2D eigenvalue weighted by Gasteiger charge is 2.23. The summed E-state index contributed by atoms with van der Waals surface area (Å²) in [5.74, 6) is 0.136. The van der Waals surface area contributed by atoms with Crippen LogP contribution >= 0.6 is 15.9 Å². The average Bonchev–Trinajstić information content (AvgIpc) is 2.84. The lowest BCUT2D eigenvalue weighted by Crippen LogP contribution is -2.43. The van der Waals surface area contributed by atoms with Gasteiger partial charge in [-0.2, -0.15) is 5.26 Å². The molecule has 2 heterocycles. The van der Waals surface area contributed by atoms with Gasteiger partial charge in [0.15, 0.2) is 0 Å². The first-order valence-electron chi connectivity index (χ1n) is 7.58. The maximum absolute atomic E-state index is 12.6. The number of nitriles is 1. The SMILES string of the molecule is C[C@H]1CCCCN1C(=O)Cn1cc(C#N)c2cc(Br)ccc21. The molecule has 1 aliphatic rings. The fourth-order valence-electron chi connectivity index (χ4n) is 3.19. The summed E-state index contributed by atoms with van der Waals surface area (Å²) in [6.07, 6.45) is 5.14. The van der Waals surface area contributed by atoms with E-state index in [2.05, 4.69) is 28.9 Å². The van der Waals surface area contributed by atoms with Crippen molar-refractivity contribution in [1.29, 1.82) is 5.26 Å². The molecule has 1 saturated heterocycles. The Balaban J connectivity index is 1.91. The summed E-state index contributed by atoms with van der Waals surface area (Å²) in [6, 6.07) is 8.34. The second kappa shape index (κ2) is 6.13. The van der Waals surface area contributed by atoms with Crippen molar-refractivity contribution >= 4 is 32.7 Å². The molecule has 0 radical (unpaired) electrons. The van der Waals surface area contributed by atoms with Gasteiger partial charge in [-0.1, -0.05) is 15.9 Å². The third-order valence-corrected chi connectivity index (χ3v) is 4.89. The first-order valence-corrected chi connectivity index (χ1v) is 8.37. The minimum Gasteiger partial charge on any atom is -0.338 e. The van der Waals surface area contributed by atoms with E-state index in [-0.39, 0.29) is 5.91 Å². The van der Waals surface area contributed by atoms with Gasteiger partial charge in [-0.15, -0.1) is 0 Å². The van der Waals surface area contributed by atoms with Gasteiger partial charge >= 0.3 is 0 Å². The smallest absolute Gasteiger partial charge is 0.242 e. The van der Waals surface area contributed by atoms with Crippen LogP contribution in [0, 0.1) is 11.3 Å². The summed E-state index contributed by atoms with van der Waals surface area (Å²) in [5.41, 5.74) is 1.54. The van der Waals surface area contributed by atoms with Gasteiger partial charge < -0.3 is 9.47 Å². The van der Waals surface area contributed by atoms with Gasteiger partial charge in [0, 0.05) is 34.2 Å². The number of hydrogen-bond acceptors (Lipinski definition) is 2. The van der Waals surface area contributed by atoms with E-state index in [9.17, 15) is 10.1 Å². The van der Waals surface area contributed by atoms with Crippen LogP contribution in [-0.4, -0.2) is 28.0 Å². The molecule has 0 spiro atoms. The third-order valence-electron chi connectivity index (χ3n) is 4.39. The fourth-order valence-corrected chi connectivity index (χ4v) is 3.56. The number of carbonyl (C=O) groups excluding carboxylic acids is 1. The summed E-state index contributed by atoms with van der Waals surface area (Å²) >= 11 is 3.43. The Labute approximate surface area is 138 Å². The van der Waals surface area contributed by atoms with Crippen molar-refractivity contribution in [1.82, 2.24) is 9.47 Å². The molecule has 2 aromatic rings. The summed E-state index contributed by atoms with van der Waals surface area (Å²) in [4.78, 5) is 14.6. The number of piperidine rings is 1. The monoisotopic (exact) mass is 359 g/mol. The molecule has 5 heteroatoms. The zero-order chi connectivity index (χ0) is 15.7. The largest absolute Gasteiger partial charge is 0.338 e. The van der Waals surface area contributed by atoms with Crippen LogP contribution in [0.15, 0.2) is 28.9 Å². The van der Waals surface area contributed by atoms with Crippen LogP contribution in [0.3, 0.4) is 0 Å². The number of fused-ring (bicyclic) bond motifs is 1. The molecule has 1 aliphatic heterocycles. The number of aromatic nitrogens is 1. The predicted molar refractivity (Wildman–Crippen MR) is 89.4 cm³/mol. The van der Waals surface area contributed by atoms with Crippen molar-refractivity contribution in [2.75, 3.05) is 6.54 Å². The maximum Gasteiger partial charge on any atom is 0.242 e. The van der Waals surface area contributed by atoms with Crippen LogP contribution in [0.5, 0.6) is 0 Å². The molecule has 1 amide bonds. The molecule has 0 saturated carbocycles. The van der Waals surface area contributed by atoms with Crippen molar-refractivity contribution in [2.24, 2.45) is 0 Å². The molecule has 0 unspecified atom stereocenters. The van der Waals surface area contributed by atoms with Crippen molar-refractivity contribution in [3.63, 3.8) is 0 Å². The maximum atomic E-state index is 12.6. The molecular weight excluding hydrogens is 342 g/mol. The van der Waals surface area contributed by atoms with E-state index in [1.54, 1.807) is 6.20 Å². The molecule has 22 heavy (non-hydrogen) atoms. The topological polar surface area (TPSA) is 49.0 Å². The Kier molecular flexibility index (Phi) is 4.21. The van der Waals surface area contributed by atoms with Gasteiger partial charge in [-0.25, -0.2) is 0 Å². The molecule has 0 N–H and O–H groups in total. The number of halogens is 1. The molecule has 1 aromatic heterocycles. The van der Waals surface area contributed by atoms with Gasteiger partial charge in [0.25, 0.3) is 0 Å². The lowest BCUT2D eigenvalue weighted by atomic mass is 10.0. The molecule has 3 rings (SSSR count). The zero-order valence-electron chi connectivity index (χ0n) is 12.6. The number of benzene rings is 1. The van der Waals surface area contributed by atoms with Crippen LogP contribution in [0.4, 0.5) is 0 Å². The van der Waals surface area contributed by atoms with E-state index in [0.29, 0.717) is 18.2 Å². The van der Waals surface area contributed by atoms with Crippen LogP contribution in [-0.2, 0) is 11.3 Å².